The van der Waals surface area contributed by atoms with Crippen molar-refractivity contribution < 1.29 is 9.26 Å². The quantitative estimate of drug-likeness (QED) is 0.719. The molecule has 1 saturated heterocycles. The van der Waals surface area contributed by atoms with Crippen molar-refractivity contribution in [2.75, 3.05) is 19.8 Å². The number of aromatic nitrogens is 5. The Balaban J connectivity index is 1.52. The third-order valence-electron chi connectivity index (χ3n) is 3.97. The lowest BCUT2D eigenvalue weighted by Gasteiger charge is -2.32. The van der Waals surface area contributed by atoms with E-state index in [-0.39, 0.29) is 6.04 Å². The Labute approximate surface area is 139 Å². The molecule has 0 spiro atoms. The van der Waals surface area contributed by atoms with E-state index < -0.39 is 0 Å². The molecule has 1 atom stereocenters. The molecular weight excluding hydrogens is 308 g/mol. The second-order valence-corrected chi connectivity index (χ2v) is 5.68. The number of ether oxygens (including phenoxy) is 1. The number of aryl methyl sites for hydroxylation is 1. The fourth-order valence-electron chi connectivity index (χ4n) is 2.76. The van der Waals surface area contributed by atoms with Gasteiger partial charge in [0.15, 0.2) is 11.6 Å². The predicted octanol–water partition coefficient (Wildman–Crippen LogP) is 1.53. The average Bonchev–Trinajstić information content (AvgIpc) is 3.25. The molecule has 124 valence electrons. The zero-order valence-corrected chi connectivity index (χ0v) is 13.4. The maximum absolute atomic E-state index is 5.57. The SMILES string of the molecule is Cc1noc([C@H]2COCCN2Cc2ncn(-c3ccccc3)n2)n1. The highest BCUT2D eigenvalue weighted by Gasteiger charge is 2.30. The lowest BCUT2D eigenvalue weighted by atomic mass is 10.2. The molecule has 1 aliphatic rings. The Morgan fingerprint density at radius 3 is 2.92 bits per heavy atom. The molecule has 0 aliphatic carbocycles. The Kier molecular flexibility index (Phi) is 4.06. The molecule has 24 heavy (non-hydrogen) atoms. The van der Waals surface area contributed by atoms with E-state index in [2.05, 4.69) is 25.1 Å². The number of para-hydroxylation sites is 1. The number of nitrogens with zero attached hydrogens (tertiary/aromatic N) is 6. The summed E-state index contributed by atoms with van der Waals surface area (Å²) < 4.78 is 12.7. The van der Waals surface area contributed by atoms with Gasteiger partial charge in [-0.05, 0) is 19.1 Å². The number of morpholine rings is 1. The van der Waals surface area contributed by atoms with Crippen molar-refractivity contribution in [3.63, 3.8) is 0 Å². The van der Waals surface area contributed by atoms with Crippen molar-refractivity contribution in [3.8, 4) is 5.69 Å². The van der Waals surface area contributed by atoms with Gasteiger partial charge < -0.3 is 9.26 Å². The molecule has 3 aromatic rings. The van der Waals surface area contributed by atoms with Gasteiger partial charge in [-0.3, -0.25) is 4.90 Å². The van der Waals surface area contributed by atoms with Gasteiger partial charge in [0, 0.05) is 6.54 Å². The van der Waals surface area contributed by atoms with Crippen molar-refractivity contribution in [2.24, 2.45) is 0 Å². The van der Waals surface area contributed by atoms with Crippen molar-refractivity contribution in [2.45, 2.75) is 19.5 Å². The van der Waals surface area contributed by atoms with Gasteiger partial charge in [0.1, 0.15) is 12.4 Å². The summed E-state index contributed by atoms with van der Waals surface area (Å²) in [6.07, 6.45) is 1.73. The maximum Gasteiger partial charge on any atom is 0.246 e. The second-order valence-electron chi connectivity index (χ2n) is 5.68. The van der Waals surface area contributed by atoms with Crippen LogP contribution in [-0.2, 0) is 11.3 Å². The summed E-state index contributed by atoms with van der Waals surface area (Å²) in [5.74, 6) is 1.96. The largest absolute Gasteiger partial charge is 0.378 e. The van der Waals surface area contributed by atoms with E-state index in [0.29, 0.717) is 31.5 Å². The normalized spacial score (nSPS) is 18.8. The van der Waals surface area contributed by atoms with Crippen LogP contribution < -0.4 is 0 Å². The minimum absolute atomic E-state index is 0.0661. The van der Waals surface area contributed by atoms with Crippen LogP contribution in [0, 0.1) is 6.92 Å². The first-order valence-electron chi connectivity index (χ1n) is 7.87. The van der Waals surface area contributed by atoms with Gasteiger partial charge >= 0.3 is 0 Å². The Bertz CT molecular complexity index is 800. The molecular formula is C16H18N6O2. The minimum Gasteiger partial charge on any atom is -0.378 e. The van der Waals surface area contributed by atoms with Crippen LogP contribution in [0.4, 0.5) is 0 Å². The molecule has 1 aliphatic heterocycles. The van der Waals surface area contributed by atoms with Gasteiger partial charge in [0.25, 0.3) is 0 Å². The minimum atomic E-state index is -0.0661. The first kappa shape index (κ1) is 15.0. The van der Waals surface area contributed by atoms with Gasteiger partial charge in [-0.1, -0.05) is 23.4 Å². The third-order valence-corrected chi connectivity index (χ3v) is 3.97. The highest BCUT2D eigenvalue weighted by Crippen LogP contribution is 2.24. The van der Waals surface area contributed by atoms with Crippen molar-refractivity contribution in [1.29, 1.82) is 0 Å². The van der Waals surface area contributed by atoms with E-state index in [0.717, 1.165) is 18.1 Å². The predicted molar refractivity (Wildman–Crippen MR) is 84.4 cm³/mol. The average molecular weight is 326 g/mol. The fraction of sp³-hybridized carbons (Fsp3) is 0.375. The van der Waals surface area contributed by atoms with Crippen LogP contribution in [0.5, 0.6) is 0 Å². The molecule has 0 unspecified atom stereocenters. The maximum atomic E-state index is 5.57. The van der Waals surface area contributed by atoms with Crippen LogP contribution >= 0.6 is 0 Å². The molecule has 0 saturated carbocycles. The highest BCUT2D eigenvalue weighted by molar-refractivity contribution is 5.29. The first-order valence-corrected chi connectivity index (χ1v) is 7.87. The summed E-state index contributed by atoms with van der Waals surface area (Å²) >= 11 is 0. The molecule has 8 nitrogen and oxygen atoms in total. The van der Waals surface area contributed by atoms with E-state index in [9.17, 15) is 0 Å². The van der Waals surface area contributed by atoms with Crippen LogP contribution in [0.3, 0.4) is 0 Å². The van der Waals surface area contributed by atoms with E-state index in [1.54, 1.807) is 11.0 Å². The van der Waals surface area contributed by atoms with Crippen molar-refractivity contribution >= 4 is 0 Å². The van der Waals surface area contributed by atoms with E-state index in [1.807, 2.05) is 37.3 Å². The Morgan fingerprint density at radius 2 is 2.12 bits per heavy atom. The van der Waals surface area contributed by atoms with Crippen molar-refractivity contribution in [3.05, 3.63) is 54.2 Å². The molecule has 0 N–H and O–H groups in total. The third kappa shape index (κ3) is 3.06. The summed E-state index contributed by atoms with van der Waals surface area (Å²) in [4.78, 5) is 11.0. The smallest absolute Gasteiger partial charge is 0.246 e. The van der Waals surface area contributed by atoms with Gasteiger partial charge in [-0.2, -0.15) is 4.98 Å². The van der Waals surface area contributed by atoms with Gasteiger partial charge in [-0.25, -0.2) is 9.67 Å². The number of hydrogen-bond acceptors (Lipinski definition) is 7. The Hall–Kier alpha value is -2.58. The Morgan fingerprint density at radius 1 is 1.25 bits per heavy atom. The van der Waals surface area contributed by atoms with E-state index >= 15 is 0 Å². The summed E-state index contributed by atoms with van der Waals surface area (Å²) in [5, 5.41) is 8.44. The summed E-state index contributed by atoms with van der Waals surface area (Å²) in [5.41, 5.74) is 0.988. The van der Waals surface area contributed by atoms with E-state index in [1.165, 1.54) is 0 Å². The standard InChI is InChI=1S/C16H18N6O2/c1-12-18-16(24-20-12)14-10-23-8-7-21(14)9-15-17-11-22(19-15)13-5-3-2-4-6-13/h2-6,11,14H,7-10H2,1H3/t14-/m1/s1. The molecule has 8 heteroatoms. The molecule has 1 aromatic carbocycles. The lowest BCUT2D eigenvalue weighted by Crippen LogP contribution is -2.39. The number of benzene rings is 1. The second kappa shape index (κ2) is 6.50. The summed E-state index contributed by atoms with van der Waals surface area (Å²) in [6.45, 7) is 4.38. The van der Waals surface area contributed by atoms with Gasteiger partial charge in [0.2, 0.25) is 5.89 Å². The topological polar surface area (TPSA) is 82.1 Å². The highest BCUT2D eigenvalue weighted by atomic mass is 16.5. The zero-order chi connectivity index (χ0) is 16.4. The van der Waals surface area contributed by atoms with Crippen LogP contribution in [0.25, 0.3) is 5.69 Å². The van der Waals surface area contributed by atoms with Crippen molar-refractivity contribution in [1.82, 2.24) is 29.8 Å². The van der Waals surface area contributed by atoms with Crippen LogP contribution in [-0.4, -0.2) is 49.6 Å². The molecule has 4 rings (SSSR count). The zero-order valence-electron chi connectivity index (χ0n) is 13.4. The fourth-order valence-corrected chi connectivity index (χ4v) is 2.76. The van der Waals surface area contributed by atoms with E-state index in [4.69, 9.17) is 9.26 Å². The van der Waals surface area contributed by atoms with Gasteiger partial charge in [-0.15, -0.1) is 5.10 Å². The molecule has 1 fully saturated rings. The molecule has 0 radical (unpaired) electrons. The molecule has 2 aromatic heterocycles. The number of rotatable bonds is 4. The number of hydrogen-bond donors (Lipinski definition) is 0. The summed E-state index contributed by atoms with van der Waals surface area (Å²) in [6, 6.07) is 9.86. The molecule has 3 heterocycles. The summed E-state index contributed by atoms with van der Waals surface area (Å²) in [7, 11) is 0. The molecule has 0 bridgehead atoms. The van der Waals surface area contributed by atoms with Crippen LogP contribution in [0.2, 0.25) is 0 Å². The monoisotopic (exact) mass is 326 g/mol. The van der Waals surface area contributed by atoms with Crippen LogP contribution in [0.15, 0.2) is 41.2 Å². The molecule has 0 amide bonds. The van der Waals surface area contributed by atoms with Gasteiger partial charge in [0.05, 0.1) is 25.4 Å². The lowest BCUT2D eigenvalue weighted by molar-refractivity contribution is -0.0251. The van der Waals surface area contributed by atoms with Crippen LogP contribution in [0.1, 0.15) is 23.6 Å². The first-order chi connectivity index (χ1) is 11.8.